The van der Waals surface area contributed by atoms with E-state index in [0.29, 0.717) is 13.2 Å². The molecule has 0 unspecified atom stereocenters. The van der Waals surface area contributed by atoms with Crippen LogP contribution in [0.3, 0.4) is 0 Å². The van der Waals surface area contributed by atoms with Crippen LogP contribution in [0.1, 0.15) is 31.2 Å². The zero-order valence-electron chi connectivity index (χ0n) is 16.9. The van der Waals surface area contributed by atoms with Gasteiger partial charge in [0.05, 0.1) is 13.2 Å². The number of nitrogens with one attached hydrogen (secondary N) is 1. The van der Waals surface area contributed by atoms with Crippen molar-refractivity contribution in [2.45, 2.75) is 32.1 Å². The molecule has 27 heavy (non-hydrogen) atoms. The van der Waals surface area contributed by atoms with Gasteiger partial charge in [-0.2, -0.15) is 0 Å². The lowest BCUT2D eigenvalue weighted by atomic mass is 9.90. The number of halogens is 1. The lowest BCUT2D eigenvalue weighted by molar-refractivity contribution is 0.0689. The van der Waals surface area contributed by atoms with Gasteiger partial charge in [-0.15, -0.1) is 24.0 Å². The first kappa shape index (κ1) is 24.2. The number of benzene rings is 1. The number of ether oxygens (including phenoxy) is 2. The van der Waals surface area contributed by atoms with Gasteiger partial charge in [-0.1, -0.05) is 30.3 Å². The van der Waals surface area contributed by atoms with Crippen molar-refractivity contribution in [3.63, 3.8) is 0 Å². The number of likely N-dealkylation sites (tertiary alicyclic amines) is 1. The van der Waals surface area contributed by atoms with Gasteiger partial charge in [0, 0.05) is 40.4 Å². The monoisotopic (exact) mass is 489 g/mol. The van der Waals surface area contributed by atoms with Crippen molar-refractivity contribution in [2.24, 2.45) is 10.9 Å². The molecule has 1 heterocycles. The fraction of sp³-hybridized carbons (Fsp3) is 0.667. The first-order chi connectivity index (χ1) is 12.8. The molecular formula is C21H36IN3O2. The quantitative estimate of drug-likeness (QED) is 0.236. The summed E-state index contributed by atoms with van der Waals surface area (Å²) in [5.74, 6) is 1.83. The van der Waals surface area contributed by atoms with Crippen LogP contribution in [-0.4, -0.2) is 64.5 Å². The maximum atomic E-state index is 5.49. The second kappa shape index (κ2) is 15.1. The SMILES string of the molecule is CN=C(NCCCCOCCOC)N1CCC(Cc2ccccc2)CC1.I. The van der Waals surface area contributed by atoms with Crippen LogP contribution in [0.25, 0.3) is 0 Å². The van der Waals surface area contributed by atoms with Crippen molar-refractivity contribution < 1.29 is 9.47 Å². The standard InChI is InChI=1S/C21H35N3O2.HI/c1-22-21(23-12-6-7-15-26-17-16-25-2)24-13-10-20(11-14-24)18-19-8-4-3-5-9-19;/h3-5,8-9,20H,6-7,10-18H2,1-2H3,(H,22,23);1H. The second-order valence-corrected chi connectivity index (χ2v) is 6.91. The molecule has 1 N–H and O–H groups in total. The molecule has 0 amide bonds. The van der Waals surface area contributed by atoms with E-state index in [1.807, 2.05) is 7.05 Å². The molecule has 1 aliphatic heterocycles. The number of nitrogens with zero attached hydrogens (tertiary/aromatic N) is 2. The van der Waals surface area contributed by atoms with E-state index >= 15 is 0 Å². The molecular weight excluding hydrogens is 453 g/mol. The van der Waals surface area contributed by atoms with Crippen molar-refractivity contribution in [1.29, 1.82) is 0 Å². The minimum absolute atomic E-state index is 0. The fourth-order valence-corrected chi connectivity index (χ4v) is 3.40. The first-order valence-corrected chi connectivity index (χ1v) is 9.89. The highest BCUT2D eigenvalue weighted by molar-refractivity contribution is 14.0. The number of hydrogen-bond donors (Lipinski definition) is 1. The van der Waals surface area contributed by atoms with Crippen LogP contribution in [0.2, 0.25) is 0 Å². The molecule has 0 saturated carbocycles. The normalized spacial score (nSPS) is 15.5. The third-order valence-electron chi connectivity index (χ3n) is 4.92. The van der Waals surface area contributed by atoms with Crippen molar-refractivity contribution >= 4 is 29.9 Å². The molecule has 0 atom stereocenters. The smallest absolute Gasteiger partial charge is 0.193 e. The second-order valence-electron chi connectivity index (χ2n) is 6.91. The Morgan fingerprint density at radius 2 is 1.85 bits per heavy atom. The Morgan fingerprint density at radius 3 is 2.52 bits per heavy atom. The van der Waals surface area contributed by atoms with Crippen LogP contribution in [0.15, 0.2) is 35.3 Å². The first-order valence-electron chi connectivity index (χ1n) is 9.89. The van der Waals surface area contributed by atoms with E-state index in [-0.39, 0.29) is 24.0 Å². The molecule has 0 bridgehead atoms. The number of unbranched alkanes of at least 4 members (excludes halogenated alkanes) is 1. The van der Waals surface area contributed by atoms with Crippen LogP contribution < -0.4 is 5.32 Å². The molecule has 6 heteroatoms. The van der Waals surface area contributed by atoms with E-state index in [0.717, 1.165) is 51.0 Å². The molecule has 1 aromatic carbocycles. The molecule has 0 radical (unpaired) electrons. The predicted octanol–water partition coefficient (Wildman–Crippen LogP) is 3.58. The van der Waals surface area contributed by atoms with E-state index in [4.69, 9.17) is 9.47 Å². The molecule has 0 spiro atoms. The van der Waals surface area contributed by atoms with Gasteiger partial charge in [0.2, 0.25) is 0 Å². The summed E-state index contributed by atoms with van der Waals surface area (Å²) in [4.78, 5) is 6.86. The Labute approximate surface area is 181 Å². The summed E-state index contributed by atoms with van der Waals surface area (Å²) in [6.07, 6.45) is 5.83. The molecule has 2 rings (SSSR count). The molecule has 154 valence electrons. The van der Waals surface area contributed by atoms with Crippen LogP contribution >= 0.6 is 24.0 Å². The third-order valence-corrected chi connectivity index (χ3v) is 4.92. The Morgan fingerprint density at radius 1 is 1.11 bits per heavy atom. The Hall–Kier alpha value is -0.860. The maximum absolute atomic E-state index is 5.49. The van der Waals surface area contributed by atoms with Crippen molar-refractivity contribution in [3.05, 3.63) is 35.9 Å². The number of piperidine rings is 1. The Bertz CT molecular complexity index is 505. The topological polar surface area (TPSA) is 46.1 Å². The highest BCUT2D eigenvalue weighted by Crippen LogP contribution is 2.21. The highest BCUT2D eigenvalue weighted by Gasteiger charge is 2.21. The van der Waals surface area contributed by atoms with Gasteiger partial charge in [-0.25, -0.2) is 0 Å². The summed E-state index contributed by atoms with van der Waals surface area (Å²) >= 11 is 0. The number of guanidine groups is 1. The average molecular weight is 489 g/mol. The van der Waals surface area contributed by atoms with E-state index in [9.17, 15) is 0 Å². The summed E-state index contributed by atoms with van der Waals surface area (Å²) in [6, 6.07) is 10.9. The van der Waals surface area contributed by atoms with Gasteiger partial charge in [-0.05, 0) is 43.6 Å². The Balaban J connectivity index is 0.00000364. The van der Waals surface area contributed by atoms with Crippen LogP contribution in [0.4, 0.5) is 0 Å². The number of methoxy groups -OCH3 is 1. The van der Waals surface area contributed by atoms with Crippen molar-refractivity contribution in [3.8, 4) is 0 Å². The van der Waals surface area contributed by atoms with Gasteiger partial charge in [-0.3, -0.25) is 4.99 Å². The van der Waals surface area contributed by atoms with E-state index in [1.165, 1.54) is 24.8 Å². The minimum Gasteiger partial charge on any atom is -0.382 e. The molecule has 1 aliphatic rings. The van der Waals surface area contributed by atoms with E-state index < -0.39 is 0 Å². The lowest BCUT2D eigenvalue weighted by Crippen LogP contribution is -2.46. The van der Waals surface area contributed by atoms with Gasteiger partial charge in [0.15, 0.2) is 5.96 Å². The summed E-state index contributed by atoms with van der Waals surface area (Å²) in [5, 5.41) is 3.50. The average Bonchev–Trinajstić information content (AvgIpc) is 2.69. The number of rotatable bonds is 10. The largest absolute Gasteiger partial charge is 0.382 e. The third kappa shape index (κ3) is 9.76. The summed E-state index contributed by atoms with van der Waals surface area (Å²) in [6.45, 7) is 5.29. The van der Waals surface area contributed by atoms with Gasteiger partial charge in [0.1, 0.15) is 0 Å². The number of hydrogen-bond acceptors (Lipinski definition) is 3. The predicted molar refractivity (Wildman–Crippen MR) is 123 cm³/mol. The van der Waals surface area contributed by atoms with Gasteiger partial charge >= 0.3 is 0 Å². The summed E-state index contributed by atoms with van der Waals surface area (Å²) in [7, 11) is 3.58. The summed E-state index contributed by atoms with van der Waals surface area (Å²) < 4.78 is 10.5. The van der Waals surface area contributed by atoms with E-state index in [1.54, 1.807) is 7.11 Å². The number of aliphatic imine (C=N–C) groups is 1. The molecule has 1 aromatic rings. The molecule has 0 aliphatic carbocycles. The minimum atomic E-state index is 0. The van der Waals surface area contributed by atoms with Crippen LogP contribution in [0.5, 0.6) is 0 Å². The van der Waals surface area contributed by atoms with Crippen LogP contribution in [0, 0.1) is 5.92 Å². The van der Waals surface area contributed by atoms with Gasteiger partial charge < -0.3 is 19.7 Å². The molecule has 1 fully saturated rings. The zero-order chi connectivity index (χ0) is 18.5. The fourth-order valence-electron chi connectivity index (χ4n) is 3.40. The zero-order valence-corrected chi connectivity index (χ0v) is 19.2. The van der Waals surface area contributed by atoms with Crippen molar-refractivity contribution in [1.82, 2.24) is 10.2 Å². The Kier molecular flexibility index (Phi) is 13.5. The van der Waals surface area contributed by atoms with Crippen molar-refractivity contribution in [2.75, 3.05) is 53.6 Å². The van der Waals surface area contributed by atoms with E-state index in [2.05, 4.69) is 45.5 Å². The summed E-state index contributed by atoms with van der Waals surface area (Å²) in [5.41, 5.74) is 1.46. The molecule has 0 aromatic heterocycles. The highest BCUT2D eigenvalue weighted by atomic mass is 127. The molecule has 1 saturated heterocycles. The molecule has 5 nitrogen and oxygen atoms in total. The van der Waals surface area contributed by atoms with Crippen LogP contribution in [-0.2, 0) is 15.9 Å². The van der Waals surface area contributed by atoms with Gasteiger partial charge in [0.25, 0.3) is 0 Å². The lowest BCUT2D eigenvalue weighted by Gasteiger charge is -2.34. The maximum Gasteiger partial charge on any atom is 0.193 e.